The number of aryl methyl sites for hydroxylation is 4. The number of hydrogen-bond donors (Lipinski definition) is 0. The number of amides is 2. The Hall–Kier alpha value is -2.69. The Labute approximate surface area is 174 Å². The van der Waals surface area contributed by atoms with E-state index in [1.54, 1.807) is 7.11 Å². The van der Waals surface area contributed by atoms with Gasteiger partial charge in [-0.2, -0.15) is 0 Å². The van der Waals surface area contributed by atoms with Crippen LogP contribution in [0.25, 0.3) is 0 Å². The molecular formula is C24H33N3O2. The van der Waals surface area contributed by atoms with Crippen LogP contribution in [0.4, 0.5) is 16.2 Å². The van der Waals surface area contributed by atoms with Crippen LogP contribution in [0.15, 0.2) is 30.3 Å². The molecule has 1 fully saturated rings. The highest BCUT2D eigenvalue weighted by Crippen LogP contribution is 2.32. The fourth-order valence-corrected chi connectivity index (χ4v) is 4.02. The molecule has 2 amide bonds. The summed E-state index contributed by atoms with van der Waals surface area (Å²) in [5, 5.41) is 0. The van der Waals surface area contributed by atoms with Gasteiger partial charge in [-0.15, -0.1) is 0 Å². The van der Waals surface area contributed by atoms with E-state index >= 15 is 0 Å². The van der Waals surface area contributed by atoms with Gasteiger partial charge >= 0.3 is 6.03 Å². The molecule has 0 radical (unpaired) electrons. The Morgan fingerprint density at radius 2 is 1.52 bits per heavy atom. The van der Waals surface area contributed by atoms with Crippen LogP contribution < -0.4 is 14.5 Å². The van der Waals surface area contributed by atoms with Crippen molar-refractivity contribution >= 4 is 17.4 Å². The zero-order valence-corrected chi connectivity index (χ0v) is 18.6. The fraction of sp³-hybridized carbons (Fsp3) is 0.458. The highest BCUT2D eigenvalue weighted by atomic mass is 16.5. The lowest BCUT2D eigenvalue weighted by molar-refractivity contribution is 0.201. The van der Waals surface area contributed by atoms with Crippen molar-refractivity contribution in [1.29, 1.82) is 0 Å². The summed E-state index contributed by atoms with van der Waals surface area (Å²) in [6.45, 7) is 14.1. The molecule has 1 aliphatic rings. The first-order valence-electron chi connectivity index (χ1n) is 10.4. The topological polar surface area (TPSA) is 36.0 Å². The molecule has 156 valence electrons. The monoisotopic (exact) mass is 395 g/mol. The number of ether oxygens (including phenoxy) is 1. The lowest BCUT2D eigenvalue weighted by Gasteiger charge is -2.38. The predicted octanol–water partition coefficient (Wildman–Crippen LogP) is 4.70. The number of piperazine rings is 1. The quantitative estimate of drug-likeness (QED) is 0.753. The summed E-state index contributed by atoms with van der Waals surface area (Å²) in [7, 11) is 1.66. The normalized spacial score (nSPS) is 14.1. The number of urea groups is 1. The molecule has 2 aromatic rings. The van der Waals surface area contributed by atoms with Crippen molar-refractivity contribution in [1.82, 2.24) is 4.90 Å². The van der Waals surface area contributed by atoms with Gasteiger partial charge in [0.15, 0.2) is 0 Å². The Morgan fingerprint density at radius 3 is 2.07 bits per heavy atom. The predicted molar refractivity (Wildman–Crippen MR) is 121 cm³/mol. The highest BCUT2D eigenvalue weighted by molar-refractivity contribution is 5.94. The Balaban J connectivity index is 1.75. The summed E-state index contributed by atoms with van der Waals surface area (Å²) in [6, 6.07) is 10.8. The molecule has 1 aliphatic heterocycles. The van der Waals surface area contributed by atoms with Crippen LogP contribution in [0.5, 0.6) is 5.75 Å². The number of methoxy groups -OCH3 is 1. The van der Waals surface area contributed by atoms with E-state index in [0.29, 0.717) is 6.54 Å². The van der Waals surface area contributed by atoms with Gasteiger partial charge < -0.3 is 14.5 Å². The summed E-state index contributed by atoms with van der Waals surface area (Å²) in [5.74, 6) is 0.747. The van der Waals surface area contributed by atoms with Crippen LogP contribution in [0.3, 0.4) is 0 Å². The first-order valence-corrected chi connectivity index (χ1v) is 10.4. The lowest BCUT2D eigenvalue weighted by Crippen LogP contribution is -2.53. The van der Waals surface area contributed by atoms with Gasteiger partial charge in [0.1, 0.15) is 5.75 Å². The second-order valence-electron chi connectivity index (χ2n) is 7.96. The maximum Gasteiger partial charge on any atom is 0.324 e. The second-order valence-corrected chi connectivity index (χ2v) is 7.96. The molecule has 29 heavy (non-hydrogen) atoms. The van der Waals surface area contributed by atoms with E-state index in [-0.39, 0.29) is 6.03 Å². The Kier molecular flexibility index (Phi) is 6.36. The maximum absolute atomic E-state index is 13.3. The number of nitrogens with zero attached hydrogens (tertiary/aromatic N) is 3. The van der Waals surface area contributed by atoms with E-state index in [1.165, 1.54) is 16.8 Å². The van der Waals surface area contributed by atoms with Crippen LogP contribution in [0.2, 0.25) is 0 Å². The van der Waals surface area contributed by atoms with Crippen LogP contribution in [0, 0.1) is 27.7 Å². The number of carbonyl (C=O) groups excluding carboxylic acids is 1. The van der Waals surface area contributed by atoms with Crippen molar-refractivity contribution < 1.29 is 9.53 Å². The zero-order valence-electron chi connectivity index (χ0n) is 18.6. The summed E-state index contributed by atoms with van der Waals surface area (Å²) in [5.41, 5.74) is 6.97. The molecule has 0 N–H and O–H groups in total. The minimum Gasteiger partial charge on any atom is -0.495 e. The van der Waals surface area contributed by atoms with Gasteiger partial charge in [-0.1, -0.05) is 6.07 Å². The molecule has 0 bridgehead atoms. The second kappa shape index (κ2) is 8.76. The molecule has 0 spiro atoms. The van der Waals surface area contributed by atoms with Gasteiger partial charge in [-0.3, -0.25) is 4.90 Å². The summed E-state index contributed by atoms with van der Waals surface area (Å²) >= 11 is 0. The number of carbonyl (C=O) groups is 1. The van der Waals surface area contributed by atoms with Gasteiger partial charge in [0.05, 0.1) is 12.8 Å². The van der Waals surface area contributed by atoms with Crippen LogP contribution in [-0.2, 0) is 0 Å². The van der Waals surface area contributed by atoms with Crippen LogP contribution >= 0.6 is 0 Å². The first-order chi connectivity index (χ1) is 13.8. The van der Waals surface area contributed by atoms with Crippen molar-refractivity contribution in [3.63, 3.8) is 0 Å². The molecule has 0 unspecified atom stereocenters. The van der Waals surface area contributed by atoms with Crippen molar-refractivity contribution in [3.8, 4) is 5.75 Å². The third-order valence-electron chi connectivity index (χ3n) is 5.75. The van der Waals surface area contributed by atoms with Crippen molar-refractivity contribution in [2.24, 2.45) is 0 Å². The molecule has 3 rings (SSSR count). The van der Waals surface area contributed by atoms with Crippen molar-refractivity contribution in [2.45, 2.75) is 34.6 Å². The summed E-state index contributed by atoms with van der Waals surface area (Å²) in [6.07, 6.45) is 0. The largest absolute Gasteiger partial charge is 0.495 e. The van der Waals surface area contributed by atoms with Crippen molar-refractivity contribution in [2.75, 3.05) is 49.6 Å². The molecule has 1 saturated heterocycles. The van der Waals surface area contributed by atoms with E-state index in [2.05, 4.69) is 56.9 Å². The minimum atomic E-state index is 0.0501. The molecular weight excluding hydrogens is 362 g/mol. The molecule has 0 atom stereocenters. The highest BCUT2D eigenvalue weighted by Gasteiger charge is 2.27. The van der Waals surface area contributed by atoms with Gasteiger partial charge in [0.2, 0.25) is 0 Å². The van der Waals surface area contributed by atoms with E-state index in [0.717, 1.165) is 48.7 Å². The number of anilines is 2. The van der Waals surface area contributed by atoms with E-state index in [4.69, 9.17) is 4.74 Å². The summed E-state index contributed by atoms with van der Waals surface area (Å²) in [4.78, 5) is 19.5. The molecule has 2 aromatic carbocycles. The van der Waals surface area contributed by atoms with E-state index in [9.17, 15) is 4.79 Å². The SMILES string of the molecule is CCN(C(=O)N1CCN(c2cc(C)cc(C)c2)CC1)c1cc(C)c(C)cc1OC. The zero-order chi connectivity index (χ0) is 21.1. The lowest BCUT2D eigenvalue weighted by atomic mass is 10.1. The maximum atomic E-state index is 13.3. The van der Waals surface area contributed by atoms with E-state index < -0.39 is 0 Å². The Bertz CT molecular complexity index is 866. The number of rotatable bonds is 4. The third kappa shape index (κ3) is 4.50. The molecule has 0 aromatic heterocycles. The smallest absolute Gasteiger partial charge is 0.324 e. The van der Waals surface area contributed by atoms with Gasteiger partial charge in [-0.05, 0) is 81.1 Å². The van der Waals surface area contributed by atoms with Gasteiger partial charge in [0, 0.05) is 38.4 Å². The van der Waals surface area contributed by atoms with Crippen LogP contribution in [-0.4, -0.2) is 50.8 Å². The van der Waals surface area contributed by atoms with E-state index in [1.807, 2.05) is 22.8 Å². The molecule has 5 heteroatoms. The fourth-order valence-electron chi connectivity index (χ4n) is 4.02. The molecule has 0 saturated carbocycles. The number of benzene rings is 2. The summed E-state index contributed by atoms with van der Waals surface area (Å²) < 4.78 is 5.58. The number of hydrogen-bond acceptors (Lipinski definition) is 3. The molecule has 0 aliphatic carbocycles. The third-order valence-corrected chi connectivity index (χ3v) is 5.75. The standard InChI is InChI=1S/C24H33N3O2/c1-7-27(22-15-19(4)20(5)16-23(22)29-6)24(28)26-10-8-25(9-11-26)21-13-17(2)12-18(3)14-21/h12-16H,7-11H2,1-6H3. The Morgan fingerprint density at radius 1 is 0.931 bits per heavy atom. The molecule has 1 heterocycles. The van der Waals surface area contributed by atoms with Gasteiger partial charge in [-0.25, -0.2) is 4.79 Å². The molecule has 5 nitrogen and oxygen atoms in total. The first kappa shape index (κ1) is 21.0. The van der Waals surface area contributed by atoms with Crippen molar-refractivity contribution in [3.05, 3.63) is 52.6 Å². The average molecular weight is 396 g/mol. The average Bonchev–Trinajstić information content (AvgIpc) is 2.70. The van der Waals surface area contributed by atoms with Crippen LogP contribution in [0.1, 0.15) is 29.2 Å². The minimum absolute atomic E-state index is 0.0501. The van der Waals surface area contributed by atoms with Gasteiger partial charge in [0.25, 0.3) is 0 Å².